The summed E-state index contributed by atoms with van der Waals surface area (Å²) in [6.07, 6.45) is -6.16. The van der Waals surface area contributed by atoms with E-state index >= 15 is 0 Å². The molecule has 2 aromatic rings. The summed E-state index contributed by atoms with van der Waals surface area (Å²) in [4.78, 5) is 26.8. The highest BCUT2D eigenvalue weighted by Crippen LogP contribution is 2.47. The minimum absolute atomic E-state index is 0.00947. The molecule has 1 fully saturated rings. The first-order valence-electron chi connectivity index (χ1n) is 11.1. The van der Waals surface area contributed by atoms with E-state index in [1.807, 2.05) is 0 Å². The molecule has 8 nitrogen and oxygen atoms in total. The predicted molar refractivity (Wildman–Crippen MR) is 111 cm³/mol. The summed E-state index contributed by atoms with van der Waals surface area (Å²) in [5, 5.41) is 9.31. The largest absolute Gasteiger partial charge is 0.451 e. The molecule has 3 heterocycles. The van der Waals surface area contributed by atoms with E-state index in [2.05, 4.69) is 15.5 Å². The maximum absolute atomic E-state index is 14.3. The molecular formula is C22H23F6N5O3. The predicted octanol–water partition coefficient (Wildman–Crippen LogP) is 4.07. The fourth-order valence-corrected chi connectivity index (χ4v) is 4.57. The first kappa shape index (κ1) is 25.8. The lowest BCUT2D eigenvalue weighted by molar-refractivity contribution is -0.148. The van der Waals surface area contributed by atoms with Crippen LogP contribution in [0.5, 0.6) is 0 Å². The van der Waals surface area contributed by atoms with Gasteiger partial charge in [-0.2, -0.15) is 13.2 Å². The molecule has 2 aliphatic rings. The molecule has 1 N–H and O–H groups in total. The van der Waals surface area contributed by atoms with Crippen LogP contribution in [0.4, 0.5) is 31.1 Å². The zero-order chi connectivity index (χ0) is 26.6. The van der Waals surface area contributed by atoms with Gasteiger partial charge >= 0.3 is 12.3 Å². The van der Waals surface area contributed by atoms with Crippen LogP contribution in [0.3, 0.4) is 0 Å². The Morgan fingerprint density at radius 1 is 1.11 bits per heavy atom. The second kappa shape index (κ2) is 8.96. The molecule has 14 heteroatoms. The lowest BCUT2D eigenvalue weighted by atomic mass is 10.0. The number of fused-ring (bicyclic) bond motifs is 5. The molecule has 2 bridgehead atoms. The van der Waals surface area contributed by atoms with Crippen LogP contribution in [0.15, 0.2) is 12.1 Å². The molecule has 1 aromatic heterocycles. The standard InChI is InChI=1S/C22H23F6N5O3/c1-21(2,3)36-20(35)29-11(4-10-5-14(24)15(25)8-13(10)23)6-17(34)32-9-12-7-16(32)18-30-31-19(33(12)18)22(26,27)28/h5,8,11-12,16H,4,6-7,9H2,1-3H3,(H,29,35)/t11-,12+,16+/m1/s1. The number of hydrogen-bond donors (Lipinski definition) is 1. The second-order valence-corrected chi connectivity index (χ2v) is 9.81. The molecule has 0 saturated carbocycles. The van der Waals surface area contributed by atoms with E-state index in [9.17, 15) is 35.9 Å². The molecule has 2 amide bonds. The molecule has 0 unspecified atom stereocenters. The van der Waals surface area contributed by atoms with E-state index in [4.69, 9.17) is 4.74 Å². The van der Waals surface area contributed by atoms with E-state index in [0.717, 1.165) is 4.57 Å². The van der Waals surface area contributed by atoms with Crippen molar-refractivity contribution in [2.75, 3.05) is 6.54 Å². The first-order valence-corrected chi connectivity index (χ1v) is 11.1. The van der Waals surface area contributed by atoms with Gasteiger partial charge in [-0.15, -0.1) is 10.2 Å². The number of amides is 2. The van der Waals surface area contributed by atoms with Gasteiger partial charge in [0.2, 0.25) is 11.7 Å². The maximum atomic E-state index is 14.3. The molecule has 1 saturated heterocycles. The van der Waals surface area contributed by atoms with Crippen molar-refractivity contribution in [2.45, 2.75) is 69.9 Å². The van der Waals surface area contributed by atoms with Crippen molar-refractivity contribution in [1.82, 2.24) is 25.0 Å². The van der Waals surface area contributed by atoms with Gasteiger partial charge < -0.3 is 19.5 Å². The van der Waals surface area contributed by atoms with Crippen LogP contribution in [0, 0.1) is 17.5 Å². The number of halogens is 6. The van der Waals surface area contributed by atoms with E-state index in [1.165, 1.54) is 4.90 Å². The minimum atomic E-state index is -4.69. The number of ether oxygens (including phenoxy) is 1. The lowest BCUT2D eigenvalue weighted by Gasteiger charge is -2.30. The fraction of sp³-hybridized carbons (Fsp3) is 0.545. The quantitative estimate of drug-likeness (QED) is 0.475. The number of benzene rings is 1. The van der Waals surface area contributed by atoms with E-state index in [1.54, 1.807) is 20.8 Å². The third-order valence-corrected chi connectivity index (χ3v) is 5.94. The number of carbonyl (C=O) groups is 2. The average Bonchev–Trinajstić information content (AvgIpc) is 3.41. The van der Waals surface area contributed by atoms with Gasteiger partial charge in [0.25, 0.3) is 0 Å². The van der Waals surface area contributed by atoms with Crippen molar-refractivity contribution in [3.8, 4) is 0 Å². The van der Waals surface area contributed by atoms with E-state index in [-0.39, 0.29) is 30.8 Å². The fourth-order valence-electron chi connectivity index (χ4n) is 4.57. The van der Waals surface area contributed by atoms with Gasteiger partial charge in [0, 0.05) is 25.1 Å². The van der Waals surface area contributed by atoms with Crippen molar-refractivity contribution >= 4 is 12.0 Å². The molecule has 1 aromatic carbocycles. The third-order valence-electron chi connectivity index (χ3n) is 5.94. The van der Waals surface area contributed by atoms with Gasteiger partial charge in [-0.05, 0) is 45.2 Å². The van der Waals surface area contributed by atoms with Crippen molar-refractivity contribution in [1.29, 1.82) is 0 Å². The van der Waals surface area contributed by atoms with Crippen molar-refractivity contribution in [3.63, 3.8) is 0 Å². The summed E-state index contributed by atoms with van der Waals surface area (Å²) in [6.45, 7) is 4.78. The normalized spacial score (nSPS) is 19.9. The molecule has 4 rings (SSSR count). The molecule has 36 heavy (non-hydrogen) atoms. The summed E-state index contributed by atoms with van der Waals surface area (Å²) in [5.41, 5.74) is -1.17. The molecule has 2 aliphatic heterocycles. The Bertz CT molecular complexity index is 1190. The molecular weight excluding hydrogens is 496 g/mol. The Morgan fingerprint density at radius 3 is 2.42 bits per heavy atom. The second-order valence-electron chi connectivity index (χ2n) is 9.81. The average molecular weight is 519 g/mol. The van der Waals surface area contributed by atoms with Crippen LogP contribution in [-0.2, 0) is 22.1 Å². The van der Waals surface area contributed by atoms with Crippen LogP contribution in [0.1, 0.15) is 62.9 Å². The summed E-state index contributed by atoms with van der Waals surface area (Å²) >= 11 is 0. The summed E-state index contributed by atoms with van der Waals surface area (Å²) in [6, 6.07) is -1.50. The van der Waals surface area contributed by atoms with E-state index in [0.29, 0.717) is 12.1 Å². The first-order chi connectivity index (χ1) is 16.6. The van der Waals surface area contributed by atoms with E-state index < -0.39 is 71.6 Å². The summed E-state index contributed by atoms with van der Waals surface area (Å²) in [5.74, 6) is -5.42. The van der Waals surface area contributed by atoms with Gasteiger partial charge in [-0.1, -0.05) is 0 Å². The molecule has 0 aliphatic carbocycles. The highest BCUT2D eigenvalue weighted by Gasteiger charge is 2.51. The van der Waals surface area contributed by atoms with Gasteiger partial charge in [0.1, 0.15) is 11.4 Å². The summed E-state index contributed by atoms with van der Waals surface area (Å²) < 4.78 is 87.2. The Hall–Kier alpha value is -3.32. The highest BCUT2D eigenvalue weighted by atomic mass is 19.4. The van der Waals surface area contributed by atoms with Gasteiger partial charge in [-0.3, -0.25) is 4.79 Å². The van der Waals surface area contributed by atoms with Crippen LogP contribution in [0.2, 0.25) is 0 Å². The molecule has 196 valence electrons. The van der Waals surface area contributed by atoms with Crippen LogP contribution in [0.25, 0.3) is 0 Å². The lowest BCUT2D eigenvalue weighted by Crippen LogP contribution is -2.44. The van der Waals surface area contributed by atoms with Gasteiger partial charge in [0.15, 0.2) is 17.5 Å². The number of aromatic nitrogens is 3. The number of nitrogens with zero attached hydrogens (tertiary/aromatic N) is 4. The van der Waals surface area contributed by atoms with Crippen molar-refractivity contribution in [3.05, 3.63) is 46.8 Å². The summed E-state index contributed by atoms with van der Waals surface area (Å²) in [7, 11) is 0. The zero-order valence-electron chi connectivity index (χ0n) is 19.5. The zero-order valence-corrected chi connectivity index (χ0v) is 19.5. The van der Waals surface area contributed by atoms with Crippen LogP contribution >= 0.6 is 0 Å². The number of carbonyl (C=O) groups excluding carboxylic acids is 2. The SMILES string of the molecule is CC(C)(C)OC(=O)N[C@@H](CC(=O)N1C[C@@H]2C[C@H]1c1nnc(C(F)(F)F)n12)Cc1cc(F)c(F)cc1F. The monoisotopic (exact) mass is 519 g/mol. The maximum Gasteiger partial charge on any atom is 0.451 e. The van der Waals surface area contributed by atoms with Crippen LogP contribution < -0.4 is 5.32 Å². The number of likely N-dealkylation sites (tertiary alicyclic amines) is 1. The number of alkyl halides is 3. The van der Waals surface area contributed by atoms with Crippen molar-refractivity contribution in [2.24, 2.45) is 0 Å². The number of hydrogen-bond acceptors (Lipinski definition) is 5. The topological polar surface area (TPSA) is 89.3 Å². The van der Waals surface area contributed by atoms with Crippen LogP contribution in [-0.4, -0.2) is 49.9 Å². The molecule has 0 spiro atoms. The smallest absolute Gasteiger partial charge is 0.444 e. The number of alkyl carbamates (subject to hydrolysis) is 1. The molecule has 0 radical (unpaired) electrons. The number of rotatable bonds is 5. The third kappa shape index (κ3) is 5.12. The Balaban J connectivity index is 1.53. The highest BCUT2D eigenvalue weighted by molar-refractivity contribution is 5.79. The van der Waals surface area contributed by atoms with Gasteiger partial charge in [-0.25, -0.2) is 18.0 Å². The minimum Gasteiger partial charge on any atom is -0.444 e. The molecule has 3 atom stereocenters. The van der Waals surface area contributed by atoms with Crippen molar-refractivity contribution < 1.29 is 40.7 Å². The Kier molecular flexibility index (Phi) is 6.41. The Labute approximate surface area is 201 Å². The number of nitrogens with one attached hydrogen (secondary N) is 1. The Morgan fingerprint density at radius 2 is 1.78 bits per heavy atom. The van der Waals surface area contributed by atoms with Gasteiger partial charge in [0.05, 0.1) is 12.1 Å².